The third-order valence-electron chi connectivity index (χ3n) is 5.45. The molecule has 7 heteroatoms. The number of nitrogens with one attached hydrogen (secondary N) is 1. The lowest BCUT2D eigenvalue weighted by molar-refractivity contribution is -0.127. The highest BCUT2D eigenvalue weighted by Crippen LogP contribution is 2.31. The molecule has 1 fully saturated rings. The maximum absolute atomic E-state index is 12.4. The average molecular weight is 415 g/mol. The van der Waals surface area contributed by atoms with Gasteiger partial charge in [-0.25, -0.2) is 4.98 Å². The summed E-state index contributed by atoms with van der Waals surface area (Å²) in [6.07, 6.45) is 4.81. The van der Waals surface area contributed by atoms with Crippen LogP contribution in [0.25, 0.3) is 11.3 Å². The zero-order valence-electron chi connectivity index (χ0n) is 17.2. The van der Waals surface area contributed by atoms with Crippen LogP contribution in [0.5, 0.6) is 0 Å². The Hall–Kier alpha value is -3.74. The van der Waals surface area contributed by atoms with Gasteiger partial charge < -0.3 is 16.0 Å². The monoisotopic (exact) mass is 415 g/mol. The maximum atomic E-state index is 12.4. The Morgan fingerprint density at radius 2 is 1.97 bits per heavy atom. The zero-order valence-corrected chi connectivity index (χ0v) is 17.2. The summed E-state index contributed by atoms with van der Waals surface area (Å²) in [7, 11) is 0. The molecule has 31 heavy (non-hydrogen) atoms. The van der Waals surface area contributed by atoms with E-state index >= 15 is 0 Å². The van der Waals surface area contributed by atoms with E-state index in [0.29, 0.717) is 36.5 Å². The molecule has 3 aromatic rings. The van der Waals surface area contributed by atoms with Crippen molar-refractivity contribution in [2.75, 3.05) is 25.0 Å². The summed E-state index contributed by atoms with van der Waals surface area (Å²) in [4.78, 5) is 35.1. The number of carbonyl (C=O) groups excluding carboxylic acids is 2. The number of hydrogen-bond donors (Lipinski definition) is 2. The molecule has 2 amide bonds. The lowest BCUT2D eigenvalue weighted by Gasteiger charge is -2.21. The first-order chi connectivity index (χ1) is 15.1. The third kappa shape index (κ3) is 4.71. The Morgan fingerprint density at radius 3 is 2.65 bits per heavy atom. The van der Waals surface area contributed by atoms with Gasteiger partial charge in [-0.2, -0.15) is 0 Å². The van der Waals surface area contributed by atoms with Gasteiger partial charge in [0.05, 0.1) is 11.6 Å². The molecule has 7 nitrogen and oxygen atoms in total. The van der Waals surface area contributed by atoms with Gasteiger partial charge in [0.2, 0.25) is 11.8 Å². The number of nitrogens with zero attached hydrogens (tertiary/aromatic N) is 3. The first-order valence-electron chi connectivity index (χ1n) is 10.4. The fourth-order valence-electron chi connectivity index (χ4n) is 3.91. The van der Waals surface area contributed by atoms with Crippen molar-refractivity contribution in [1.82, 2.24) is 14.9 Å². The van der Waals surface area contributed by atoms with Crippen LogP contribution in [0.15, 0.2) is 67.0 Å². The molecule has 158 valence electrons. The Kier molecular flexibility index (Phi) is 6.21. The number of amides is 2. The van der Waals surface area contributed by atoms with E-state index in [9.17, 15) is 9.59 Å². The molecule has 4 rings (SSSR count). The standard InChI is InChI=1S/C24H25N5O2/c25-23(31)22(18-8-4-12-26-16-18)19-10-11-20(17-6-2-1-3-7-17)28-24(19)27-13-15-29-14-5-9-21(29)30/h1-4,6-8,10-12,16,22H,5,9,13-15H2,(H2,25,31)(H,27,28). The van der Waals surface area contributed by atoms with Crippen molar-refractivity contribution in [1.29, 1.82) is 0 Å². The minimum atomic E-state index is -0.679. The molecule has 0 radical (unpaired) electrons. The maximum Gasteiger partial charge on any atom is 0.229 e. The number of aromatic nitrogens is 2. The largest absolute Gasteiger partial charge is 0.369 e. The molecular formula is C24H25N5O2. The van der Waals surface area contributed by atoms with Crippen molar-refractivity contribution in [3.63, 3.8) is 0 Å². The average Bonchev–Trinajstić information content (AvgIpc) is 3.20. The second-order valence-corrected chi connectivity index (χ2v) is 7.53. The quantitative estimate of drug-likeness (QED) is 0.589. The zero-order chi connectivity index (χ0) is 21.6. The van der Waals surface area contributed by atoms with Crippen LogP contribution in [-0.4, -0.2) is 46.3 Å². The fraction of sp³-hybridized carbons (Fsp3) is 0.250. The van der Waals surface area contributed by atoms with Crippen LogP contribution < -0.4 is 11.1 Å². The summed E-state index contributed by atoms with van der Waals surface area (Å²) in [6.45, 7) is 1.90. The molecule has 3 N–H and O–H groups in total. The number of nitrogens with two attached hydrogens (primary N) is 1. The fourth-order valence-corrected chi connectivity index (χ4v) is 3.91. The molecule has 1 saturated heterocycles. The lowest BCUT2D eigenvalue weighted by Crippen LogP contribution is -2.30. The number of likely N-dealkylation sites (tertiary alicyclic amines) is 1. The number of pyridine rings is 2. The van der Waals surface area contributed by atoms with Crippen LogP contribution in [0.1, 0.15) is 29.9 Å². The summed E-state index contributed by atoms with van der Waals surface area (Å²) in [5.41, 5.74) is 8.95. The summed E-state index contributed by atoms with van der Waals surface area (Å²) >= 11 is 0. The molecule has 1 aromatic carbocycles. The van der Waals surface area contributed by atoms with E-state index < -0.39 is 11.8 Å². The number of anilines is 1. The van der Waals surface area contributed by atoms with Crippen molar-refractivity contribution < 1.29 is 9.59 Å². The van der Waals surface area contributed by atoms with Crippen molar-refractivity contribution in [3.8, 4) is 11.3 Å². The summed E-state index contributed by atoms with van der Waals surface area (Å²) in [6, 6.07) is 17.2. The van der Waals surface area contributed by atoms with Gasteiger partial charge >= 0.3 is 0 Å². The van der Waals surface area contributed by atoms with Crippen LogP contribution in [0.2, 0.25) is 0 Å². The lowest BCUT2D eigenvalue weighted by atomic mass is 9.91. The van der Waals surface area contributed by atoms with Crippen LogP contribution in [0.3, 0.4) is 0 Å². The van der Waals surface area contributed by atoms with Gasteiger partial charge in [-0.05, 0) is 24.1 Å². The number of rotatable bonds is 8. The van der Waals surface area contributed by atoms with E-state index in [-0.39, 0.29) is 5.91 Å². The van der Waals surface area contributed by atoms with Crippen molar-refractivity contribution >= 4 is 17.6 Å². The highest BCUT2D eigenvalue weighted by Gasteiger charge is 2.25. The Balaban J connectivity index is 1.67. The minimum absolute atomic E-state index is 0.179. The van der Waals surface area contributed by atoms with E-state index in [1.807, 2.05) is 53.4 Å². The van der Waals surface area contributed by atoms with Gasteiger partial charge in [-0.1, -0.05) is 42.5 Å². The van der Waals surface area contributed by atoms with E-state index in [0.717, 1.165) is 24.2 Å². The molecule has 1 atom stereocenters. The summed E-state index contributed by atoms with van der Waals surface area (Å²) in [5, 5.41) is 3.34. The van der Waals surface area contributed by atoms with Gasteiger partial charge in [0, 0.05) is 49.6 Å². The topological polar surface area (TPSA) is 101 Å². The Morgan fingerprint density at radius 1 is 1.13 bits per heavy atom. The van der Waals surface area contributed by atoms with Gasteiger partial charge in [0.1, 0.15) is 5.82 Å². The molecule has 3 heterocycles. The van der Waals surface area contributed by atoms with Crippen molar-refractivity contribution in [3.05, 3.63) is 78.1 Å². The minimum Gasteiger partial charge on any atom is -0.369 e. The van der Waals surface area contributed by atoms with Crippen LogP contribution in [0.4, 0.5) is 5.82 Å². The van der Waals surface area contributed by atoms with E-state index in [2.05, 4.69) is 10.3 Å². The number of benzene rings is 1. The normalized spacial score (nSPS) is 14.5. The van der Waals surface area contributed by atoms with E-state index in [1.54, 1.807) is 18.5 Å². The summed E-state index contributed by atoms with van der Waals surface area (Å²) < 4.78 is 0. The molecule has 2 aromatic heterocycles. The predicted octanol–water partition coefficient (Wildman–Crippen LogP) is 2.80. The van der Waals surface area contributed by atoms with Crippen LogP contribution in [0, 0.1) is 0 Å². The smallest absolute Gasteiger partial charge is 0.229 e. The first kappa shape index (κ1) is 20.5. The second kappa shape index (κ2) is 9.38. The molecule has 0 spiro atoms. The predicted molar refractivity (Wildman–Crippen MR) is 119 cm³/mol. The number of primary amides is 1. The SMILES string of the molecule is NC(=O)C(c1cccnc1)c1ccc(-c2ccccc2)nc1NCCN1CCCC1=O. The van der Waals surface area contributed by atoms with E-state index in [4.69, 9.17) is 10.7 Å². The molecule has 1 aliphatic rings. The molecule has 0 aliphatic carbocycles. The Bertz CT molecular complexity index is 1060. The molecule has 0 saturated carbocycles. The molecule has 0 bridgehead atoms. The van der Waals surface area contributed by atoms with Gasteiger partial charge in [-0.15, -0.1) is 0 Å². The Labute approximate surface area is 181 Å². The highest BCUT2D eigenvalue weighted by molar-refractivity contribution is 5.87. The molecular weight excluding hydrogens is 390 g/mol. The molecule has 1 unspecified atom stereocenters. The van der Waals surface area contributed by atoms with Crippen LogP contribution in [-0.2, 0) is 9.59 Å². The molecule has 1 aliphatic heterocycles. The van der Waals surface area contributed by atoms with Gasteiger partial charge in [0.15, 0.2) is 0 Å². The van der Waals surface area contributed by atoms with Crippen LogP contribution >= 0.6 is 0 Å². The highest BCUT2D eigenvalue weighted by atomic mass is 16.2. The third-order valence-corrected chi connectivity index (χ3v) is 5.45. The second-order valence-electron chi connectivity index (χ2n) is 7.53. The van der Waals surface area contributed by atoms with Crippen molar-refractivity contribution in [2.45, 2.75) is 18.8 Å². The number of carbonyl (C=O) groups is 2. The van der Waals surface area contributed by atoms with Gasteiger partial charge in [-0.3, -0.25) is 14.6 Å². The number of hydrogen-bond acceptors (Lipinski definition) is 5. The van der Waals surface area contributed by atoms with Crippen molar-refractivity contribution in [2.24, 2.45) is 5.73 Å². The summed E-state index contributed by atoms with van der Waals surface area (Å²) in [5.74, 6) is -0.388. The van der Waals surface area contributed by atoms with E-state index in [1.165, 1.54) is 0 Å². The first-order valence-corrected chi connectivity index (χ1v) is 10.4. The van der Waals surface area contributed by atoms with Gasteiger partial charge in [0.25, 0.3) is 0 Å².